The van der Waals surface area contributed by atoms with E-state index in [1.165, 1.54) is 0 Å². The molecule has 1 unspecified atom stereocenters. The number of nitrogens with zero attached hydrogens (tertiary/aromatic N) is 2. The van der Waals surface area contributed by atoms with E-state index in [4.69, 9.17) is 4.74 Å². The van der Waals surface area contributed by atoms with E-state index in [-0.39, 0.29) is 12.1 Å². The molecule has 108 valence electrons. The molecule has 2 heterocycles. The molecule has 2 rings (SSSR count). The highest BCUT2D eigenvalue weighted by Gasteiger charge is 2.18. The molecule has 0 spiro atoms. The van der Waals surface area contributed by atoms with E-state index in [0.29, 0.717) is 6.42 Å². The van der Waals surface area contributed by atoms with Crippen molar-refractivity contribution in [3.8, 4) is 0 Å². The van der Waals surface area contributed by atoms with Gasteiger partial charge in [0.1, 0.15) is 11.2 Å². The highest BCUT2D eigenvalue weighted by molar-refractivity contribution is 5.68. The van der Waals surface area contributed by atoms with Crippen LogP contribution in [0.15, 0.2) is 30.6 Å². The molecule has 0 bridgehead atoms. The van der Waals surface area contributed by atoms with Crippen LogP contribution in [-0.2, 0) is 11.2 Å². The molecule has 2 aromatic heterocycles. The highest BCUT2D eigenvalue weighted by atomic mass is 16.6. The van der Waals surface area contributed by atoms with Gasteiger partial charge in [0.05, 0.1) is 0 Å². The Morgan fingerprint density at radius 1 is 1.45 bits per heavy atom. The molecule has 0 aliphatic rings. The van der Waals surface area contributed by atoms with Crippen molar-refractivity contribution in [2.24, 2.45) is 0 Å². The third kappa shape index (κ3) is 3.73. The largest absolute Gasteiger partial charge is 0.444 e. The molecule has 20 heavy (non-hydrogen) atoms. The van der Waals surface area contributed by atoms with Gasteiger partial charge in [-0.1, -0.05) is 6.07 Å². The quantitative estimate of drug-likeness (QED) is 0.937. The Hall–Kier alpha value is -2.04. The van der Waals surface area contributed by atoms with Crippen LogP contribution in [0.5, 0.6) is 0 Å². The minimum Gasteiger partial charge on any atom is -0.444 e. The zero-order chi connectivity index (χ0) is 14.8. The summed E-state index contributed by atoms with van der Waals surface area (Å²) < 4.78 is 7.27. The van der Waals surface area contributed by atoms with Crippen LogP contribution < -0.4 is 5.32 Å². The second-order valence-electron chi connectivity index (χ2n) is 5.92. The monoisotopic (exact) mass is 275 g/mol. The highest BCUT2D eigenvalue weighted by Crippen LogP contribution is 2.10. The number of nitrogens with one attached hydrogen (secondary N) is 1. The standard InChI is InChI=1S/C15H21N3O2/c1-11(17-14(19)20-15(2,3)4)10-12-6-5-7-13-16-8-9-18(12)13/h5-9,11H,10H2,1-4H3,(H,17,19). The molecule has 1 atom stereocenters. The van der Waals surface area contributed by atoms with Crippen LogP contribution in [0.1, 0.15) is 33.4 Å². The lowest BCUT2D eigenvalue weighted by Crippen LogP contribution is -2.38. The number of pyridine rings is 1. The van der Waals surface area contributed by atoms with E-state index in [1.54, 1.807) is 6.20 Å². The number of aromatic nitrogens is 2. The van der Waals surface area contributed by atoms with Crippen molar-refractivity contribution >= 4 is 11.7 Å². The maximum absolute atomic E-state index is 11.7. The molecular formula is C15H21N3O2. The average molecular weight is 275 g/mol. The smallest absolute Gasteiger partial charge is 0.407 e. The van der Waals surface area contributed by atoms with Gasteiger partial charge in [0, 0.05) is 30.6 Å². The molecule has 0 aliphatic carbocycles. The van der Waals surface area contributed by atoms with Crippen LogP contribution in [-0.4, -0.2) is 27.1 Å². The number of ether oxygens (including phenoxy) is 1. The van der Waals surface area contributed by atoms with Crippen LogP contribution in [0.25, 0.3) is 5.65 Å². The maximum atomic E-state index is 11.7. The van der Waals surface area contributed by atoms with Gasteiger partial charge in [-0.05, 0) is 39.8 Å². The lowest BCUT2D eigenvalue weighted by molar-refractivity contribution is 0.0508. The van der Waals surface area contributed by atoms with Gasteiger partial charge in [0.15, 0.2) is 0 Å². The Bertz CT molecular complexity index is 598. The number of amides is 1. The number of hydrogen-bond donors (Lipinski definition) is 1. The van der Waals surface area contributed by atoms with Crippen molar-refractivity contribution in [3.05, 3.63) is 36.3 Å². The second kappa shape index (κ2) is 5.53. The Morgan fingerprint density at radius 3 is 2.90 bits per heavy atom. The van der Waals surface area contributed by atoms with E-state index in [1.807, 2.05) is 56.5 Å². The first-order valence-corrected chi connectivity index (χ1v) is 6.75. The molecule has 0 saturated heterocycles. The zero-order valence-corrected chi connectivity index (χ0v) is 12.4. The number of imidazole rings is 1. The first-order valence-electron chi connectivity index (χ1n) is 6.75. The van der Waals surface area contributed by atoms with Gasteiger partial charge in [-0.15, -0.1) is 0 Å². The summed E-state index contributed by atoms with van der Waals surface area (Å²) in [6.45, 7) is 7.51. The van der Waals surface area contributed by atoms with Crippen molar-refractivity contribution in [3.63, 3.8) is 0 Å². The number of rotatable bonds is 3. The summed E-state index contributed by atoms with van der Waals surface area (Å²) in [6.07, 6.45) is 4.02. The van der Waals surface area contributed by atoms with Gasteiger partial charge in [-0.3, -0.25) is 0 Å². The SMILES string of the molecule is CC(Cc1cccc2nccn12)NC(=O)OC(C)(C)C. The van der Waals surface area contributed by atoms with E-state index in [9.17, 15) is 4.79 Å². The number of alkyl carbamates (subject to hydrolysis) is 1. The van der Waals surface area contributed by atoms with E-state index in [0.717, 1.165) is 11.3 Å². The van der Waals surface area contributed by atoms with Crippen molar-refractivity contribution < 1.29 is 9.53 Å². The number of carbonyl (C=O) groups excluding carboxylic acids is 1. The molecule has 1 N–H and O–H groups in total. The van der Waals surface area contributed by atoms with Crippen LogP contribution in [0.3, 0.4) is 0 Å². The van der Waals surface area contributed by atoms with Crippen LogP contribution in [0.4, 0.5) is 4.79 Å². The lowest BCUT2D eigenvalue weighted by atomic mass is 10.1. The predicted molar refractivity (Wildman–Crippen MR) is 77.7 cm³/mol. The summed E-state index contributed by atoms with van der Waals surface area (Å²) in [7, 11) is 0. The fraction of sp³-hybridized carbons (Fsp3) is 0.467. The molecule has 5 nitrogen and oxygen atoms in total. The van der Waals surface area contributed by atoms with Gasteiger partial charge >= 0.3 is 6.09 Å². The Morgan fingerprint density at radius 2 is 2.20 bits per heavy atom. The molecule has 2 aromatic rings. The predicted octanol–water partition coefficient (Wildman–Crippen LogP) is 2.79. The van der Waals surface area contributed by atoms with Crippen molar-refractivity contribution in [2.75, 3.05) is 0 Å². The molecule has 0 aromatic carbocycles. The van der Waals surface area contributed by atoms with E-state index >= 15 is 0 Å². The first kappa shape index (κ1) is 14.4. The second-order valence-corrected chi connectivity index (χ2v) is 5.92. The molecule has 0 fully saturated rings. The fourth-order valence-electron chi connectivity index (χ4n) is 2.05. The van der Waals surface area contributed by atoms with Gasteiger partial charge in [0.2, 0.25) is 0 Å². The molecule has 0 radical (unpaired) electrons. The summed E-state index contributed by atoms with van der Waals surface area (Å²) in [5, 5.41) is 2.85. The third-order valence-corrected chi connectivity index (χ3v) is 2.79. The minimum absolute atomic E-state index is 0.0159. The summed E-state index contributed by atoms with van der Waals surface area (Å²) in [5.41, 5.74) is 1.53. The topological polar surface area (TPSA) is 55.6 Å². The van der Waals surface area contributed by atoms with E-state index < -0.39 is 5.60 Å². The third-order valence-electron chi connectivity index (χ3n) is 2.79. The first-order chi connectivity index (χ1) is 9.35. The molecule has 1 amide bonds. The molecule has 5 heteroatoms. The van der Waals surface area contributed by atoms with Crippen LogP contribution in [0.2, 0.25) is 0 Å². The van der Waals surface area contributed by atoms with Crippen molar-refractivity contribution in [1.29, 1.82) is 0 Å². The lowest BCUT2D eigenvalue weighted by Gasteiger charge is -2.22. The van der Waals surface area contributed by atoms with Crippen LogP contribution in [0, 0.1) is 0 Å². The normalized spacial score (nSPS) is 13.2. The maximum Gasteiger partial charge on any atom is 0.407 e. The van der Waals surface area contributed by atoms with Crippen molar-refractivity contribution in [2.45, 2.75) is 45.8 Å². The van der Waals surface area contributed by atoms with Gasteiger partial charge < -0.3 is 14.5 Å². The molecular weight excluding hydrogens is 254 g/mol. The van der Waals surface area contributed by atoms with Gasteiger partial charge in [0.25, 0.3) is 0 Å². The minimum atomic E-state index is -0.478. The summed E-state index contributed by atoms with van der Waals surface area (Å²) in [5.74, 6) is 0. The molecule has 0 aliphatic heterocycles. The number of hydrogen-bond acceptors (Lipinski definition) is 3. The summed E-state index contributed by atoms with van der Waals surface area (Å²) in [6, 6.07) is 5.94. The van der Waals surface area contributed by atoms with Crippen molar-refractivity contribution in [1.82, 2.24) is 14.7 Å². The average Bonchev–Trinajstić information content (AvgIpc) is 2.74. The Kier molecular flexibility index (Phi) is 3.97. The zero-order valence-electron chi connectivity index (χ0n) is 12.4. The number of fused-ring (bicyclic) bond motifs is 1. The Balaban J connectivity index is 1.99. The fourth-order valence-corrected chi connectivity index (χ4v) is 2.05. The van der Waals surface area contributed by atoms with Gasteiger partial charge in [-0.2, -0.15) is 0 Å². The molecule has 0 saturated carbocycles. The summed E-state index contributed by atoms with van der Waals surface area (Å²) >= 11 is 0. The number of carbonyl (C=O) groups is 1. The Labute approximate surface area is 119 Å². The van der Waals surface area contributed by atoms with Gasteiger partial charge in [-0.25, -0.2) is 9.78 Å². The van der Waals surface area contributed by atoms with E-state index in [2.05, 4.69) is 10.3 Å². The van der Waals surface area contributed by atoms with Crippen LogP contribution >= 0.6 is 0 Å². The summed E-state index contributed by atoms with van der Waals surface area (Å²) in [4.78, 5) is 16.0.